The van der Waals surface area contributed by atoms with Crippen LogP contribution in [0.5, 0.6) is 0 Å². The number of rotatable bonds is 16. The third kappa shape index (κ3) is 37.2. The number of halogens is 12. The van der Waals surface area contributed by atoms with E-state index in [1.54, 1.807) is 0 Å². The number of para-hydroxylation sites is 4. The molecule has 120 heavy (non-hydrogen) atoms. The maximum absolute atomic E-state index is 4.78. The minimum Gasteiger partial charge on any atom is 2.00 e. The van der Waals surface area contributed by atoms with E-state index in [4.69, 9.17) is 80.3 Å². The first kappa shape index (κ1) is 113. The molecular weight excluding hydrogens is 2280 g/mol. The minimum atomic E-state index is 0. The molecule has 0 aliphatic carbocycles. The Morgan fingerprint density at radius 1 is 0.225 bits per heavy atom. The maximum Gasteiger partial charge on any atom is 2.00 e. The van der Waals surface area contributed by atoms with Crippen molar-refractivity contribution in [3.05, 3.63) is 376 Å². The summed E-state index contributed by atoms with van der Waals surface area (Å²) in [7, 11) is 19.1. The Kier molecular flexibility index (Phi) is 55.4. The first-order valence-corrected chi connectivity index (χ1v) is 47.1. The molecule has 0 saturated heterocycles. The van der Waals surface area contributed by atoms with Gasteiger partial charge in [-0.1, -0.05) is 137 Å². The fraction of sp³-hybridized carbons (Fsp3) is 0.130. The van der Waals surface area contributed by atoms with Crippen molar-refractivity contribution in [2.45, 2.75) is 83.1 Å². The number of hydrogen-bond donors (Lipinski definition) is 0. The molecule has 0 bridgehead atoms. The molecule has 0 saturated carbocycles. The molecule has 0 unspecified atom stereocenters. The SMILES string of the molecule is CC(=Nc1ccc(Br)cc1C)c1cccc(C(C)=Nc2ccc(Br)cc2C)n1.CC(=Nc1ccc(Br)cc1C)c1cccc(C(C)=Nc2ccc(Br)cc2C)n1.CC(=Nc1ccccc1Br)c1cccc(C(C)=Nc2ccccc2Br)n1.CC(=Nc1ccccc1Br)c1cccc(C(C)=Nc2ccccc2Br)n1.[CH3-].[CH3-].[CH3-].[CH3-].[Cl][Fe][Cl].[Cl][Fe][Cl].[Fe+2].[Fe+2]. The Hall–Kier alpha value is -5.20. The molecule has 632 valence electrons. The molecule has 12 rings (SSSR count). The zero-order valence-electron chi connectivity index (χ0n) is 68.4. The van der Waals surface area contributed by atoms with E-state index in [-0.39, 0.29) is 90.1 Å². The van der Waals surface area contributed by atoms with Gasteiger partial charge in [0.15, 0.2) is 0 Å². The van der Waals surface area contributed by atoms with E-state index in [9.17, 15) is 0 Å². The Labute approximate surface area is 828 Å². The van der Waals surface area contributed by atoms with Crippen molar-refractivity contribution in [2.24, 2.45) is 39.9 Å². The largest absolute Gasteiger partial charge is 2.00 e. The quantitative estimate of drug-likeness (QED) is 0.0537. The van der Waals surface area contributed by atoms with Crippen molar-refractivity contribution in [1.82, 2.24) is 19.9 Å². The Morgan fingerprint density at radius 3 is 0.508 bits per heavy atom. The smallest absolute Gasteiger partial charge is 2.00 e. The van der Waals surface area contributed by atoms with Crippen molar-refractivity contribution in [3.8, 4) is 0 Å². The van der Waals surface area contributed by atoms with Gasteiger partial charge in [0, 0.05) is 35.8 Å². The zero-order valence-corrected chi connectivity index (χ0v) is 88.5. The number of benzene rings is 8. The third-order valence-corrected chi connectivity index (χ3v) is 21.0. The number of hydrogen-bond acceptors (Lipinski definition) is 12. The van der Waals surface area contributed by atoms with E-state index < -0.39 is 0 Å². The van der Waals surface area contributed by atoms with Gasteiger partial charge in [-0.25, -0.2) is 19.9 Å². The van der Waals surface area contributed by atoms with Crippen molar-refractivity contribution in [1.29, 1.82) is 0 Å². The number of aryl methyl sites for hydroxylation is 4. The van der Waals surface area contributed by atoms with E-state index in [0.717, 1.165) is 195 Å². The van der Waals surface area contributed by atoms with Crippen LogP contribution in [0.15, 0.2) is 318 Å². The molecule has 4 heterocycles. The summed E-state index contributed by atoms with van der Waals surface area (Å²) in [5.74, 6) is 0. The van der Waals surface area contributed by atoms with Crippen LogP contribution in [-0.4, -0.2) is 65.6 Å². The second-order valence-corrected chi connectivity index (χ2v) is 35.6. The first-order valence-electron chi connectivity index (χ1n) is 34.7. The van der Waals surface area contributed by atoms with Crippen LogP contribution in [0.3, 0.4) is 0 Å². The fourth-order valence-electron chi connectivity index (χ4n) is 10.4. The van der Waals surface area contributed by atoms with Gasteiger partial charge in [0.25, 0.3) is 0 Å². The molecule has 28 heteroatoms. The van der Waals surface area contributed by atoms with Crippen LogP contribution in [0.1, 0.15) is 123 Å². The molecule has 0 aliphatic heterocycles. The van der Waals surface area contributed by atoms with Crippen LogP contribution >= 0.6 is 168 Å². The van der Waals surface area contributed by atoms with Crippen molar-refractivity contribution < 1.29 is 60.4 Å². The van der Waals surface area contributed by atoms with E-state index in [0.29, 0.717) is 0 Å². The molecular formula is C92H88Br8Cl4Fe4N12. The van der Waals surface area contributed by atoms with Crippen molar-refractivity contribution in [2.75, 3.05) is 0 Å². The maximum atomic E-state index is 4.78. The summed E-state index contributed by atoms with van der Waals surface area (Å²) in [5, 5.41) is 0. The summed E-state index contributed by atoms with van der Waals surface area (Å²) >= 11 is 28.5. The second kappa shape index (κ2) is 58.9. The molecule has 0 amide bonds. The van der Waals surface area contributed by atoms with Crippen molar-refractivity contribution in [3.63, 3.8) is 0 Å². The predicted octanol–water partition coefficient (Wildman–Crippen LogP) is 33.3. The Bertz CT molecular complexity index is 4940. The molecule has 12 nitrogen and oxygen atoms in total. The van der Waals surface area contributed by atoms with E-state index in [1.165, 1.54) is 0 Å². The average molecular weight is 2370 g/mol. The van der Waals surface area contributed by atoms with Gasteiger partial charge < -0.3 is 29.7 Å². The summed E-state index contributed by atoms with van der Waals surface area (Å²) in [6.07, 6.45) is 0. The molecule has 0 N–H and O–H groups in total. The fourth-order valence-corrected chi connectivity index (χ4v) is 13.8. The number of aliphatic imine (C=N–C) groups is 8. The zero-order chi connectivity index (χ0) is 83.0. The topological polar surface area (TPSA) is 150 Å². The monoisotopic (exact) mass is 2360 g/mol. The number of nitrogens with zero attached hydrogens (tertiary/aromatic N) is 12. The molecule has 0 fully saturated rings. The normalized spacial score (nSPS) is 11.5. The van der Waals surface area contributed by atoms with Gasteiger partial charge in [-0.2, -0.15) is 0 Å². The minimum absolute atomic E-state index is 0. The summed E-state index contributed by atoms with van der Waals surface area (Å²) in [5.41, 5.74) is 25.5. The first-order chi connectivity index (χ1) is 54.6. The molecule has 0 atom stereocenters. The molecule has 0 radical (unpaired) electrons. The molecule has 8 aromatic carbocycles. The molecule has 0 spiro atoms. The summed E-state index contributed by atoms with van der Waals surface area (Å²) in [6, 6.07) is 79.6. The van der Waals surface area contributed by atoms with Gasteiger partial charge in [0.05, 0.1) is 137 Å². The van der Waals surface area contributed by atoms with E-state index in [1.807, 2.05) is 274 Å². The van der Waals surface area contributed by atoms with Gasteiger partial charge in [-0.3, -0.25) is 39.9 Å². The van der Waals surface area contributed by atoms with Crippen LogP contribution in [0, 0.1) is 57.4 Å². The van der Waals surface area contributed by atoms with Gasteiger partial charge in [0.2, 0.25) is 0 Å². The van der Waals surface area contributed by atoms with Crippen LogP contribution < -0.4 is 0 Å². The average Bonchev–Trinajstić information content (AvgIpc) is 0.842. The Morgan fingerprint density at radius 2 is 0.367 bits per heavy atom. The van der Waals surface area contributed by atoms with Crippen molar-refractivity contribution >= 4 is 259 Å². The second-order valence-electron chi connectivity index (χ2n) is 24.8. The Balaban J connectivity index is 0.000000769. The van der Waals surface area contributed by atoms with Gasteiger partial charge in [-0.15, -0.1) is 0 Å². The summed E-state index contributed by atoms with van der Waals surface area (Å²) in [4.78, 5) is 56.8. The van der Waals surface area contributed by atoms with Crippen LogP contribution in [-0.2, 0) is 60.4 Å². The summed E-state index contributed by atoms with van der Waals surface area (Å²) in [6.45, 7) is 24.0. The van der Waals surface area contributed by atoms with Gasteiger partial charge in [0.1, 0.15) is 0 Å². The van der Waals surface area contributed by atoms with Crippen LogP contribution in [0.4, 0.5) is 45.5 Å². The number of aromatic nitrogens is 4. The summed E-state index contributed by atoms with van der Waals surface area (Å²) < 4.78 is 8.05. The van der Waals surface area contributed by atoms with Gasteiger partial charge in [-0.05, 0) is 339 Å². The molecule has 0 aliphatic rings. The van der Waals surface area contributed by atoms with E-state index >= 15 is 0 Å². The number of pyridine rings is 4. The molecule has 12 aromatic rings. The predicted molar refractivity (Wildman–Crippen MR) is 533 cm³/mol. The van der Waals surface area contributed by atoms with E-state index in [2.05, 4.69) is 199 Å². The van der Waals surface area contributed by atoms with Crippen LogP contribution in [0.25, 0.3) is 0 Å². The third-order valence-electron chi connectivity index (χ3n) is 16.3. The van der Waals surface area contributed by atoms with Gasteiger partial charge >= 0.3 is 101 Å². The molecule has 4 aromatic heterocycles. The standard InChI is InChI=1S/2C23H21Br2N3.2C21H17Br2N3.4CH3.4ClH.4Fe/c2*1-14-12-18(24)8-10-20(14)26-16(3)22-6-5-7-23(28-22)17(4)27-21-11-9-19(25)13-15(21)2;2*1-14(24-20-10-5-3-8-16(20)22)18-12-7-13-19(26-18)15(2)25-21-11-6-4-9-17(21)23;;;;;;;;;;;;/h2*5-13H,1-4H3;2*3-13H,1-2H3;4*1H3;4*1H;;;;/q;;;;4*-1;;;;;4*+2/p-4. The van der Waals surface area contributed by atoms with Crippen LogP contribution in [0.2, 0.25) is 0 Å².